The average molecular weight is 479 g/mol. The second-order valence-corrected chi connectivity index (χ2v) is 8.16. The summed E-state index contributed by atoms with van der Waals surface area (Å²) in [6, 6.07) is 10.7. The lowest BCUT2D eigenvalue weighted by molar-refractivity contribution is -0.119. The molecule has 1 amide bonds. The maximum absolute atomic E-state index is 14.3. The fourth-order valence-electron chi connectivity index (χ4n) is 4.10. The van der Waals surface area contributed by atoms with E-state index in [-0.39, 0.29) is 18.1 Å². The van der Waals surface area contributed by atoms with Gasteiger partial charge in [0.1, 0.15) is 23.0 Å². The van der Waals surface area contributed by atoms with Crippen molar-refractivity contribution in [3.8, 4) is 28.5 Å². The maximum atomic E-state index is 14.3. The van der Waals surface area contributed by atoms with E-state index < -0.39 is 11.7 Å². The molecule has 2 heterocycles. The van der Waals surface area contributed by atoms with Crippen molar-refractivity contribution in [1.82, 2.24) is 9.38 Å². The predicted molar refractivity (Wildman–Crippen MR) is 132 cm³/mol. The molecular weight excluding hydrogens is 451 g/mol. The molecule has 35 heavy (non-hydrogen) atoms. The topological polar surface area (TPSA) is 100 Å². The first-order chi connectivity index (χ1) is 16.7. The van der Waals surface area contributed by atoms with E-state index in [1.165, 1.54) is 26.5 Å². The molecule has 0 saturated heterocycles. The number of primary amides is 1. The van der Waals surface area contributed by atoms with Crippen LogP contribution in [0, 0.1) is 26.6 Å². The number of para-hydroxylation sites is 1. The summed E-state index contributed by atoms with van der Waals surface area (Å²) in [5.41, 5.74) is 10.6. The Hall–Kier alpha value is -4.27. The summed E-state index contributed by atoms with van der Waals surface area (Å²) in [5.74, 6) is 0.417. The molecule has 0 aliphatic heterocycles. The van der Waals surface area contributed by atoms with Gasteiger partial charge in [0.15, 0.2) is 18.1 Å². The van der Waals surface area contributed by atoms with Crippen LogP contribution < -0.4 is 25.3 Å². The number of nitrogens with two attached hydrogens (primary N) is 1. The molecule has 0 radical (unpaired) electrons. The Kier molecular flexibility index (Phi) is 6.50. The standard InChI is InChI=1S/C26H27FN4O4/c1-14-7-6-8-15(2)22(14)30-26-23(29-20-10-9-17(27)12-31(20)26)21-16(3)11-18(33-4)24(34-5)25(21)35-13-19(28)32/h6-12,30H,13H2,1-5H3,(H2,28,32). The van der Waals surface area contributed by atoms with Gasteiger partial charge in [-0.15, -0.1) is 0 Å². The molecule has 9 heteroatoms. The third-order valence-electron chi connectivity index (χ3n) is 5.73. The number of ether oxygens (including phenoxy) is 3. The van der Waals surface area contributed by atoms with Gasteiger partial charge in [-0.2, -0.15) is 0 Å². The highest BCUT2D eigenvalue weighted by molar-refractivity contribution is 5.88. The number of hydrogen-bond donors (Lipinski definition) is 2. The Bertz CT molecular complexity index is 1410. The molecule has 0 saturated carbocycles. The van der Waals surface area contributed by atoms with E-state index in [9.17, 15) is 9.18 Å². The van der Waals surface area contributed by atoms with Crippen molar-refractivity contribution in [2.24, 2.45) is 5.73 Å². The van der Waals surface area contributed by atoms with Gasteiger partial charge in [0, 0.05) is 11.9 Å². The van der Waals surface area contributed by atoms with Gasteiger partial charge in [-0.1, -0.05) is 18.2 Å². The number of amides is 1. The van der Waals surface area contributed by atoms with Crippen LogP contribution in [0.5, 0.6) is 17.2 Å². The van der Waals surface area contributed by atoms with Crippen LogP contribution in [0.25, 0.3) is 16.9 Å². The molecule has 0 aliphatic carbocycles. The number of imidazole rings is 1. The van der Waals surface area contributed by atoms with Gasteiger partial charge in [-0.05, 0) is 55.7 Å². The lowest BCUT2D eigenvalue weighted by atomic mass is 10.0. The summed E-state index contributed by atoms with van der Waals surface area (Å²) in [6.07, 6.45) is 1.36. The van der Waals surface area contributed by atoms with E-state index in [0.717, 1.165) is 22.4 Å². The van der Waals surface area contributed by atoms with Crippen molar-refractivity contribution >= 4 is 23.1 Å². The Balaban J connectivity index is 2.05. The van der Waals surface area contributed by atoms with Gasteiger partial charge >= 0.3 is 0 Å². The van der Waals surface area contributed by atoms with Crippen LogP contribution >= 0.6 is 0 Å². The summed E-state index contributed by atoms with van der Waals surface area (Å²) in [4.78, 5) is 16.4. The Labute approximate surface area is 202 Å². The molecular formula is C26H27FN4O4. The van der Waals surface area contributed by atoms with E-state index in [1.54, 1.807) is 16.5 Å². The fourth-order valence-corrected chi connectivity index (χ4v) is 4.10. The third kappa shape index (κ3) is 4.44. The van der Waals surface area contributed by atoms with Gasteiger partial charge in [-0.25, -0.2) is 9.37 Å². The average Bonchev–Trinajstić information content (AvgIpc) is 3.16. The molecule has 0 atom stereocenters. The van der Waals surface area contributed by atoms with Crippen molar-refractivity contribution in [3.05, 3.63) is 65.1 Å². The van der Waals surface area contributed by atoms with E-state index in [2.05, 4.69) is 5.32 Å². The Morgan fingerprint density at radius 1 is 1.06 bits per heavy atom. The molecule has 0 bridgehead atoms. The van der Waals surface area contributed by atoms with E-state index in [1.807, 2.05) is 39.0 Å². The summed E-state index contributed by atoms with van der Waals surface area (Å²) in [5, 5.41) is 3.46. The first-order valence-corrected chi connectivity index (χ1v) is 10.9. The Morgan fingerprint density at radius 2 is 1.77 bits per heavy atom. The normalized spacial score (nSPS) is 10.9. The van der Waals surface area contributed by atoms with Crippen LogP contribution in [0.15, 0.2) is 42.6 Å². The van der Waals surface area contributed by atoms with E-state index >= 15 is 0 Å². The SMILES string of the molecule is COc1cc(C)c(-c2nc3ccc(F)cn3c2Nc2c(C)cccc2C)c(OCC(N)=O)c1OC. The number of carbonyl (C=O) groups excluding carboxylic acids is 1. The minimum Gasteiger partial charge on any atom is -0.493 e. The lowest BCUT2D eigenvalue weighted by Crippen LogP contribution is -2.20. The zero-order chi connectivity index (χ0) is 25.3. The highest BCUT2D eigenvalue weighted by Gasteiger charge is 2.27. The first kappa shape index (κ1) is 23.9. The molecule has 3 N–H and O–H groups in total. The number of nitrogens with one attached hydrogen (secondary N) is 1. The van der Waals surface area contributed by atoms with E-state index in [4.69, 9.17) is 24.9 Å². The van der Waals surface area contributed by atoms with Crippen LogP contribution in [0.3, 0.4) is 0 Å². The number of halogens is 1. The molecule has 0 spiro atoms. The highest BCUT2D eigenvalue weighted by Crippen LogP contribution is 2.48. The number of aryl methyl sites for hydroxylation is 3. The Morgan fingerprint density at radius 3 is 2.40 bits per heavy atom. The minimum absolute atomic E-state index is 0.247. The van der Waals surface area contributed by atoms with Crippen molar-refractivity contribution in [2.75, 3.05) is 26.1 Å². The number of benzene rings is 2. The van der Waals surface area contributed by atoms with Gasteiger partial charge in [0.05, 0.1) is 19.8 Å². The maximum Gasteiger partial charge on any atom is 0.255 e. The second kappa shape index (κ2) is 9.54. The summed E-state index contributed by atoms with van der Waals surface area (Å²) >= 11 is 0. The molecule has 182 valence electrons. The number of rotatable bonds is 8. The highest BCUT2D eigenvalue weighted by atomic mass is 19.1. The number of aromatic nitrogens is 2. The largest absolute Gasteiger partial charge is 0.493 e. The molecule has 4 rings (SSSR count). The van der Waals surface area contributed by atoms with Crippen molar-refractivity contribution in [2.45, 2.75) is 20.8 Å². The van der Waals surface area contributed by atoms with Crippen LogP contribution in [0.1, 0.15) is 16.7 Å². The van der Waals surface area contributed by atoms with Gasteiger partial charge in [0.2, 0.25) is 5.75 Å². The van der Waals surface area contributed by atoms with Crippen molar-refractivity contribution < 1.29 is 23.4 Å². The third-order valence-corrected chi connectivity index (χ3v) is 5.73. The zero-order valence-corrected chi connectivity index (χ0v) is 20.2. The number of methoxy groups -OCH3 is 2. The molecule has 0 aliphatic rings. The monoisotopic (exact) mass is 478 g/mol. The summed E-state index contributed by atoms with van der Waals surface area (Å²) < 4.78 is 32.9. The van der Waals surface area contributed by atoms with Crippen LogP contribution in [-0.2, 0) is 4.79 Å². The molecule has 0 fully saturated rings. The number of fused-ring (bicyclic) bond motifs is 1. The number of pyridine rings is 1. The lowest BCUT2D eigenvalue weighted by Gasteiger charge is -2.20. The van der Waals surface area contributed by atoms with Gasteiger partial charge in [0.25, 0.3) is 5.91 Å². The van der Waals surface area contributed by atoms with Crippen molar-refractivity contribution in [3.63, 3.8) is 0 Å². The summed E-state index contributed by atoms with van der Waals surface area (Å²) in [6.45, 7) is 5.46. The number of carbonyl (C=O) groups is 1. The zero-order valence-electron chi connectivity index (χ0n) is 20.2. The molecule has 2 aromatic heterocycles. The van der Waals surface area contributed by atoms with Gasteiger partial charge in [-0.3, -0.25) is 9.20 Å². The first-order valence-electron chi connectivity index (χ1n) is 10.9. The van der Waals surface area contributed by atoms with Crippen LogP contribution in [0.4, 0.5) is 15.9 Å². The quantitative estimate of drug-likeness (QED) is 0.381. The molecule has 8 nitrogen and oxygen atoms in total. The predicted octanol–water partition coefficient (Wildman–Crippen LogP) is 4.69. The number of nitrogens with zero attached hydrogens (tertiary/aromatic N) is 2. The number of anilines is 2. The minimum atomic E-state index is -0.649. The van der Waals surface area contributed by atoms with Gasteiger partial charge < -0.3 is 25.3 Å². The molecule has 2 aromatic carbocycles. The smallest absolute Gasteiger partial charge is 0.255 e. The molecule has 4 aromatic rings. The van der Waals surface area contributed by atoms with Crippen molar-refractivity contribution in [1.29, 1.82) is 0 Å². The molecule has 0 unspecified atom stereocenters. The second-order valence-electron chi connectivity index (χ2n) is 8.16. The fraction of sp³-hybridized carbons (Fsp3) is 0.231. The number of hydrogen-bond acceptors (Lipinski definition) is 6. The summed E-state index contributed by atoms with van der Waals surface area (Å²) in [7, 11) is 2.99. The van der Waals surface area contributed by atoms with Crippen LogP contribution in [-0.4, -0.2) is 36.1 Å². The van der Waals surface area contributed by atoms with Crippen LogP contribution in [0.2, 0.25) is 0 Å². The van der Waals surface area contributed by atoms with E-state index in [0.29, 0.717) is 28.5 Å².